The van der Waals surface area contributed by atoms with Gasteiger partial charge in [0.05, 0.1) is 12.1 Å². The average molecular weight is 252 g/mol. The zero-order valence-electron chi connectivity index (χ0n) is 9.84. The van der Waals surface area contributed by atoms with Crippen LogP contribution in [0.2, 0.25) is 5.02 Å². The van der Waals surface area contributed by atoms with E-state index >= 15 is 0 Å². The lowest BCUT2D eigenvalue weighted by Crippen LogP contribution is -2.20. The molecular formula is C13H14ClNO2. The van der Waals surface area contributed by atoms with Gasteiger partial charge in [0.1, 0.15) is 5.75 Å². The number of amides is 1. The van der Waals surface area contributed by atoms with Gasteiger partial charge in [-0.25, -0.2) is 0 Å². The van der Waals surface area contributed by atoms with Crippen LogP contribution in [0.4, 0.5) is 0 Å². The second kappa shape index (κ2) is 6.82. The van der Waals surface area contributed by atoms with Gasteiger partial charge in [-0.05, 0) is 18.2 Å². The number of rotatable bonds is 3. The average Bonchev–Trinajstić information content (AvgIpc) is 2.30. The summed E-state index contributed by atoms with van der Waals surface area (Å²) in [5, 5.41) is 3.24. The maximum absolute atomic E-state index is 10.6. The van der Waals surface area contributed by atoms with Crippen LogP contribution in [0.3, 0.4) is 0 Å². The molecule has 0 fully saturated rings. The summed E-state index contributed by atoms with van der Waals surface area (Å²) in [6.07, 6.45) is 0.616. The fourth-order valence-electron chi connectivity index (χ4n) is 1.20. The summed E-state index contributed by atoms with van der Waals surface area (Å²) in [4.78, 5) is 10.6. The molecule has 17 heavy (non-hydrogen) atoms. The van der Waals surface area contributed by atoms with Gasteiger partial charge in [0.15, 0.2) is 0 Å². The molecule has 1 aromatic carbocycles. The molecule has 1 aromatic rings. The highest BCUT2D eigenvalue weighted by atomic mass is 35.5. The molecule has 1 N–H and O–H groups in total. The van der Waals surface area contributed by atoms with Crippen LogP contribution in [0, 0.1) is 11.8 Å². The van der Waals surface area contributed by atoms with Crippen LogP contribution in [0.25, 0.3) is 0 Å². The van der Waals surface area contributed by atoms with Gasteiger partial charge < -0.3 is 10.1 Å². The predicted molar refractivity (Wildman–Crippen MR) is 68.2 cm³/mol. The number of hydrogen-bond donors (Lipinski definition) is 1. The van der Waals surface area contributed by atoms with Crippen molar-refractivity contribution < 1.29 is 9.53 Å². The zero-order chi connectivity index (χ0) is 12.7. The van der Waals surface area contributed by atoms with E-state index < -0.39 is 0 Å². The van der Waals surface area contributed by atoms with Crippen molar-refractivity contribution in [1.82, 2.24) is 5.32 Å². The van der Waals surface area contributed by atoms with Crippen molar-refractivity contribution in [3.05, 3.63) is 28.8 Å². The number of halogens is 1. The summed E-state index contributed by atoms with van der Waals surface area (Å²) in [7, 11) is 1.56. The van der Waals surface area contributed by atoms with Crippen LogP contribution >= 0.6 is 11.6 Å². The number of carbonyl (C=O) groups excluding carboxylic acids is 1. The first-order chi connectivity index (χ1) is 8.13. The van der Waals surface area contributed by atoms with Gasteiger partial charge in [0.2, 0.25) is 5.91 Å². The number of nitrogens with one attached hydrogen (secondary N) is 1. The first kappa shape index (κ1) is 13.4. The molecule has 0 radical (unpaired) electrons. The number of benzene rings is 1. The first-order valence-corrected chi connectivity index (χ1v) is 5.58. The molecule has 0 unspecified atom stereocenters. The van der Waals surface area contributed by atoms with Crippen molar-refractivity contribution in [2.45, 2.75) is 13.3 Å². The lowest BCUT2D eigenvalue weighted by atomic mass is 10.2. The van der Waals surface area contributed by atoms with Crippen LogP contribution in [-0.4, -0.2) is 19.6 Å². The number of carbonyl (C=O) groups is 1. The molecule has 90 valence electrons. The van der Waals surface area contributed by atoms with E-state index in [4.69, 9.17) is 16.3 Å². The quantitative estimate of drug-likeness (QED) is 0.661. The Labute approximate surface area is 106 Å². The van der Waals surface area contributed by atoms with E-state index in [9.17, 15) is 4.79 Å². The fourth-order valence-corrected chi connectivity index (χ4v) is 1.40. The Morgan fingerprint density at radius 2 is 2.29 bits per heavy atom. The third-order valence-corrected chi connectivity index (χ3v) is 2.32. The summed E-state index contributed by atoms with van der Waals surface area (Å²) >= 11 is 5.89. The molecule has 0 atom stereocenters. The van der Waals surface area contributed by atoms with Gasteiger partial charge in [-0.15, -0.1) is 0 Å². The molecule has 0 saturated carbocycles. The van der Waals surface area contributed by atoms with E-state index in [1.807, 2.05) is 6.07 Å². The summed E-state index contributed by atoms with van der Waals surface area (Å²) in [5.74, 6) is 6.51. The van der Waals surface area contributed by atoms with Crippen LogP contribution in [-0.2, 0) is 4.79 Å². The maximum atomic E-state index is 10.6. The van der Waals surface area contributed by atoms with Crippen LogP contribution in [0.1, 0.15) is 18.9 Å². The molecule has 0 heterocycles. The zero-order valence-corrected chi connectivity index (χ0v) is 10.6. The van der Waals surface area contributed by atoms with E-state index in [0.29, 0.717) is 23.7 Å². The van der Waals surface area contributed by atoms with E-state index in [2.05, 4.69) is 17.2 Å². The molecule has 0 aromatic heterocycles. The third kappa shape index (κ3) is 4.80. The largest absolute Gasteiger partial charge is 0.495 e. The Hall–Kier alpha value is -1.66. The van der Waals surface area contributed by atoms with E-state index in [0.717, 1.165) is 5.56 Å². The Balaban J connectivity index is 2.57. The van der Waals surface area contributed by atoms with Crippen molar-refractivity contribution in [2.75, 3.05) is 13.7 Å². The highest BCUT2D eigenvalue weighted by Gasteiger charge is 1.99. The lowest BCUT2D eigenvalue weighted by Gasteiger charge is -2.02. The topological polar surface area (TPSA) is 38.3 Å². The van der Waals surface area contributed by atoms with E-state index in [1.165, 1.54) is 6.92 Å². The molecule has 0 aliphatic rings. The monoisotopic (exact) mass is 251 g/mol. The fraction of sp³-hybridized carbons (Fsp3) is 0.308. The Morgan fingerprint density at radius 3 is 2.94 bits per heavy atom. The van der Waals surface area contributed by atoms with Crippen molar-refractivity contribution in [1.29, 1.82) is 0 Å². The van der Waals surface area contributed by atoms with Crippen molar-refractivity contribution in [3.8, 4) is 17.6 Å². The summed E-state index contributed by atoms with van der Waals surface area (Å²) in [6.45, 7) is 2.05. The normalized spacial score (nSPS) is 9.12. The molecule has 0 spiro atoms. The SMILES string of the molecule is COc1cc(C#CCCNC(C)=O)ccc1Cl. The molecule has 0 aliphatic heterocycles. The minimum Gasteiger partial charge on any atom is -0.495 e. The van der Waals surface area contributed by atoms with Gasteiger partial charge >= 0.3 is 0 Å². The highest BCUT2D eigenvalue weighted by Crippen LogP contribution is 2.24. The van der Waals surface area contributed by atoms with Gasteiger partial charge in [0, 0.05) is 25.5 Å². The van der Waals surface area contributed by atoms with Crippen LogP contribution in [0.5, 0.6) is 5.75 Å². The number of methoxy groups -OCH3 is 1. The Morgan fingerprint density at radius 1 is 1.53 bits per heavy atom. The predicted octanol–water partition coefficient (Wildman–Crippen LogP) is 2.23. The summed E-state index contributed by atoms with van der Waals surface area (Å²) in [6, 6.07) is 5.36. The molecule has 4 heteroatoms. The van der Waals surface area contributed by atoms with Gasteiger partial charge in [0.25, 0.3) is 0 Å². The minimum atomic E-state index is -0.0417. The van der Waals surface area contributed by atoms with E-state index in [-0.39, 0.29) is 5.91 Å². The summed E-state index contributed by atoms with van der Waals surface area (Å²) < 4.78 is 5.09. The molecule has 0 aliphatic carbocycles. The smallest absolute Gasteiger partial charge is 0.216 e. The number of ether oxygens (including phenoxy) is 1. The minimum absolute atomic E-state index is 0.0417. The molecule has 0 saturated heterocycles. The van der Waals surface area contributed by atoms with E-state index in [1.54, 1.807) is 19.2 Å². The second-order valence-electron chi connectivity index (χ2n) is 3.38. The van der Waals surface area contributed by atoms with Crippen molar-refractivity contribution in [2.24, 2.45) is 0 Å². The highest BCUT2D eigenvalue weighted by molar-refractivity contribution is 6.32. The lowest BCUT2D eigenvalue weighted by molar-refractivity contribution is -0.118. The molecule has 0 bridgehead atoms. The maximum Gasteiger partial charge on any atom is 0.216 e. The number of hydrogen-bond acceptors (Lipinski definition) is 2. The second-order valence-corrected chi connectivity index (χ2v) is 3.79. The summed E-state index contributed by atoms with van der Waals surface area (Å²) in [5.41, 5.74) is 0.842. The standard InChI is InChI=1S/C13H14ClNO2/c1-10(16)15-8-4-3-5-11-6-7-12(14)13(9-11)17-2/h6-7,9H,4,8H2,1-2H3,(H,15,16). The van der Waals surface area contributed by atoms with Gasteiger partial charge in [-0.1, -0.05) is 23.4 Å². The molecule has 1 rings (SSSR count). The molecule has 3 nitrogen and oxygen atoms in total. The Bertz CT molecular complexity index is 460. The van der Waals surface area contributed by atoms with Crippen LogP contribution in [0.15, 0.2) is 18.2 Å². The van der Waals surface area contributed by atoms with Crippen molar-refractivity contribution in [3.63, 3.8) is 0 Å². The van der Waals surface area contributed by atoms with Crippen LogP contribution < -0.4 is 10.1 Å². The van der Waals surface area contributed by atoms with Gasteiger partial charge in [-0.2, -0.15) is 0 Å². The van der Waals surface area contributed by atoms with Gasteiger partial charge in [-0.3, -0.25) is 4.79 Å². The first-order valence-electron chi connectivity index (χ1n) is 5.20. The third-order valence-electron chi connectivity index (χ3n) is 2.01. The molecule has 1 amide bonds. The Kier molecular flexibility index (Phi) is 5.38. The molecular weight excluding hydrogens is 238 g/mol. The van der Waals surface area contributed by atoms with Crippen molar-refractivity contribution >= 4 is 17.5 Å².